The third kappa shape index (κ3) is 4.95. The number of H-pyrrole nitrogens is 1. The van der Waals surface area contributed by atoms with Gasteiger partial charge in [0.25, 0.3) is 0 Å². The normalized spacial score (nSPS) is 15.4. The Balaban J connectivity index is 1.48. The molecule has 1 fully saturated rings. The molecular formula is C22H25N5O2S2. The molecule has 0 radical (unpaired) electrons. The van der Waals surface area contributed by atoms with E-state index in [1.165, 1.54) is 5.56 Å². The number of aryl methyl sites for hydroxylation is 1. The fraction of sp³-hybridized carbons (Fsp3) is 0.273. The smallest absolute Gasteiger partial charge is 0.243 e. The molecule has 0 aliphatic carbocycles. The number of hydrogen-bond donors (Lipinski definition) is 3. The van der Waals surface area contributed by atoms with E-state index in [1.54, 1.807) is 34.9 Å². The Morgan fingerprint density at radius 2 is 1.87 bits per heavy atom. The van der Waals surface area contributed by atoms with Gasteiger partial charge in [-0.1, -0.05) is 24.1 Å². The summed E-state index contributed by atoms with van der Waals surface area (Å²) in [7, 11) is -3.49. The average Bonchev–Trinajstić information content (AvgIpc) is 3.18. The Labute approximate surface area is 187 Å². The Hall–Kier alpha value is -2.75. The van der Waals surface area contributed by atoms with Gasteiger partial charge in [0.05, 0.1) is 11.1 Å². The van der Waals surface area contributed by atoms with E-state index >= 15 is 0 Å². The van der Waals surface area contributed by atoms with Gasteiger partial charge in [0.15, 0.2) is 5.11 Å². The number of sulfonamides is 1. The fourth-order valence-corrected chi connectivity index (χ4v) is 5.31. The Kier molecular flexibility index (Phi) is 6.35. The minimum atomic E-state index is -3.49. The zero-order chi connectivity index (χ0) is 21.8. The van der Waals surface area contributed by atoms with Crippen LogP contribution in [0.4, 0.5) is 5.69 Å². The number of anilines is 1. The molecule has 1 aliphatic heterocycles. The van der Waals surface area contributed by atoms with Crippen LogP contribution >= 0.6 is 12.2 Å². The highest BCUT2D eigenvalue weighted by Crippen LogP contribution is 2.25. The van der Waals surface area contributed by atoms with Crippen molar-refractivity contribution in [3.8, 4) is 0 Å². The lowest BCUT2D eigenvalue weighted by atomic mass is 10.2. The fourth-order valence-electron chi connectivity index (χ4n) is 3.60. The first kappa shape index (κ1) is 21.5. The minimum absolute atomic E-state index is 0.306. The van der Waals surface area contributed by atoms with Gasteiger partial charge in [0.2, 0.25) is 10.0 Å². The van der Waals surface area contributed by atoms with Crippen molar-refractivity contribution in [3.05, 3.63) is 59.8 Å². The molecule has 9 heteroatoms. The van der Waals surface area contributed by atoms with Crippen LogP contribution in [0, 0.1) is 6.92 Å². The number of thiocarbonyl (C=S) groups is 1. The minimum Gasteiger partial charge on any atom is -0.361 e. The van der Waals surface area contributed by atoms with Crippen LogP contribution in [-0.4, -0.2) is 42.1 Å². The summed E-state index contributed by atoms with van der Waals surface area (Å²) < 4.78 is 27.6. The molecular weight excluding hydrogens is 430 g/mol. The lowest BCUT2D eigenvalue weighted by Crippen LogP contribution is -2.35. The molecule has 0 atom stereocenters. The van der Waals surface area contributed by atoms with Gasteiger partial charge in [0, 0.05) is 41.4 Å². The number of piperidine rings is 1. The monoisotopic (exact) mass is 455 g/mol. The van der Waals surface area contributed by atoms with E-state index in [-0.39, 0.29) is 0 Å². The molecule has 2 aromatic carbocycles. The first-order valence-electron chi connectivity index (χ1n) is 10.2. The summed E-state index contributed by atoms with van der Waals surface area (Å²) in [6.07, 6.45) is 6.32. The molecule has 0 saturated carbocycles. The summed E-state index contributed by atoms with van der Waals surface area (Å²) in [5.41, 5.74) is 6.46. The Bertz CT molecular complexity index is 1210. The van der Waals surface area contributed by atoms with Crippen molar-refractivity contribution in [3.63, 3.8) is 0 Å². The molecule has 162 valence electrons. The van der Waals surface area contributed by atoms with Crippen LogP contribution in [0.25, 0.3) is 10.9 Å². The number of benzene rings is 2. The van der Waals surface area contributed by atoms with Crippen LogP contribution in [-0.2, 0) is 10.0 Å². The zero-order valence-corrected chi connectivity index (χ0v) is 18.9. The van der Waals surface area contributed by atoms with Crippen LogP contribution < -0.4 is 10.7 Å². The van der Waals surface area contributed by atoms with Crippen molar-refractivity contribution >= 4 is 50.2 Å². The van der Waals surface area contributed by atoms with E-state index in [0.29, 0.717) is 23.1 Å². The van der Waals surface area contributed by atoms with E-state index in [1.807, 2.05) is 31.2 Å². The van der Waals surface area contributed by atoms with E-state index in [4.69, 9.17) is 12.2 Å². The van der Waals surface area contributed by atoms with Crippen molar-refractivity contribution in [2.75, 3.05) is 18.4 Å². The lowest BCUT2D eigenvalue weighted by Gasteiger charge is -2.25. The largest absolute Gasteiger partial charge is 0.361 e. The highest BCUT2D eigenvalue weighted by molar-refractivity contribution is 7.89. The van der Waals surface area contributed by atoms with Crippen LogP contribution in [0.1, 0.15) is 30.4 Å². The van der Waals surface area contributed by atoms with E-state index in [0.717, 1.165) is 41.4 Å². The van der Waals surface area contributed by atoms with Crippen molar-refractivity contribution < 1.29 is 8.42 Å². The molecule has 3 N–H and O–H groups in total. The molecule has 1 aliphatic rings. The van der Waals surface area contributed by atoms with Crippen LogP contribution in [0.2, 0.25) is 0 Å². The third-order valence-corrected chi connectivity index (χ3v) is 7.41. The Morgan fingerprint density at radius 3 is 2.61 bits per heavy atom. The third-order valence-electron chi connectivity index (χ3n) is 5.32. The molecule has 0 amide bonds. The van der Waals surface area contributed by atoms with Gasteiger partial charge < -0.3 is 10.3 Å². The van der Waals surface area contributed by atoms with E-state index < -0.39 is 10.0 Å². The quantitative estimate of drug-likeness (QED) is 0.308. The van der Waals surface area contributed by atoms with Crippen molar-refractivity contribution in [2.24, 2.45) is 5.10 Å². The summed E-state index contributed by atoms with van der Waals surface area (Å²) in [6, 6.07) is 13.0. The number of aromatic nitrogens is 1. The van der Waals surface area contributed by atoms with Crippen molar-refractivity contribution in [2.45, 2.75) is 31.1 Å². The van der Waals surface area contributed by atoms with Gasteiger partial charge in [-0.2, -0.15) is 9.41 Å². The van der Waals surface area contributed by atoms with Crippen LogP contribution in [0.5, 0.6) is 0 Å². The van der Waals surface area contributed by atoms with Crippen molar-refractivity contribution in [1.29, 1.82) is 0 Å². The SMILES string of the molecule is Cc1ccc(NC(=S)NN=Cc2c[nH]c3ccc(S(=O)(=O)N4CCCCC4)cc23)cc1. The number of nitrogens with zero attached hydrogens (tertiary/aromatic N) is 2. The second-order valence-corrected chi connectivity index (χ2v) is 9.95. The van der Waals surface area contributed by atoms with Crippen LogP contribution in [0.3, 0.4) is 0 Å². The highest BCUT2D eigenvalue weighted by Gasteiger charge is 2.26. The summed E-state index contributed by atoms with van der Waals surface area (Å²) >= 11 is 5.27. The number of rotatable bonds is 5. The number of aromatic amines is 1. The highest BCUT2D eigenvalue weighted by atomic mass is 32.2. The van der Waals surface area contributed by atoms with Gasteiger partial charge in [-0.3, -0.25) is 5.43 Å². The molecule has 1 aromatic heterocycles. The predicted molar refractivity (Wildman–Crippen MR) is 129 cm³/mol. The standard InChI is InChI=1S/C22H25N5O2S2/c1-16-5-7-18(8-6-16)25-22(30)26-24-15-17-14-23-21-10-9-19(13-20(17)21)31(28,29)27-11-3-2-4-12-27/h5-10,13-15,23H,2-4,11-12H2,1H3,(H2,25,26,30). The molecule has 31 heavy (non-hydrogen) atoms. The molecule has 0 spiro atoms. The molecule has 0 unspecified atom stereocenters. The van der Waals surface area contributed by atoms with Gasteiger partial charge >= 0.3 is 0 Å². The number of hydrogen-bond acceptors (Lipinski definition) is 4. The molecule has 0 bridgehead atoms. The van der Waals surface area contributed by atoms with Gasteiger partial charge in [-0.25, -0.2) is 8.42 Å². The molecule has 2 heterocycles. The molecule has 3 aromatic rings. The van der Waals surface area contributed by atoms with E-state index in [9.17, 15) is 8.42 Å². The van der Waals surface area contributed by atoms with Gasteiger partial charge in [-0.05, 0) is 62.3 Å². The van der Waals surface area contributed by atoms with E-state index in [2.05, 4.69) is 20.8 Å². The second kappa shape index (κ2) is 9.17. The Morgan fingerprint density at radius 1 is 1.13 bits per heavy atom. The number of fused-ring (bicyclic) bond motifs is 1. The maximum Gasteiger partial charge on any atom is 0.243 e. The van der Waals surface area contributed by atoms with Gasteiger partial charge in [-0.15, -0.1) is 0 Å². The average molecular weight is 456 g/mol. The predicted octanol–water partition coefficient (Wildman–Crippen LogP) is 3.97. The summed E-state index contributed by atoms with van der Waals surface area (Å²) in [5, 5.41) is 8.43. The molecule has 7 nitrogen and oxygen atoms in total. The number of nitrogens with one attached hydrogen (secondary N) is 3. The topological polar surface area (TPSA) is 89.6 Å². The van der Waals surface area contributed by atoms with Crippen LogP contribution in [0.15, 0.2) is 58.7 Å². The van der Waals surface area contributed by atoms with Gasteiger partial charge in [0.1, 0.15) is 0 Å². The second-order valence-electron chi connectivity index (χ2n) is 7.61. The maximum absolute atomic E-state index is 13.0. The maximum atomic E-state index is 13.0. The molecule has 4 rings (SSSR count). The zero-order valence-electron chi connectivity index (χ0n) is 17.3. The summed E-state index contributed by atoms with van der Waals surface area (Å²) in [5.74, 6) is 0. The molecule has 1 saturated heterocycles. The lowest BCUT2D eigenvalue weighted by molar-refractivity contribution is 0.346. The van der Waals surface area contributed by atoms with Crippen molar-refractivity contribution in [1.82, 2.24) is 14.7 Å². The first-order chi connectivity index (χ1) is 14.9. The summed E-state index contributed by atoms with van der Waals surface area (Å²) in [6.45, 7) is 3.18. The number of hydrazone groups is 1. The first-order valence-corrected chi connectivity index (χ1v) is 12.1. The summed E-state index contributed by atoms with van der Waals surface area (Å²) in [4.78, 5) is 3.46.